The summed E-state index contributed by atoms with van der Waals surface area (Å²) >= 11 is 0. The van der Waals surface area contributed by atoms with E-state index in [9.17, 15) is 9.59 Å². The summed E-state index contributed by atoms with van der Waals surface area (Å²) in [5, 5.41) is 0. The molecule has 0 N–H and O–H groups in total. The molecule has 136 valence electrons. The molecule has 1 aliphatic heterocycles. The van der Waals surface area contributed by atoms with E-state index in [-0.39, 0.29) is 31.6 Å². The molecule has 0 aliphatic carbocycles. The fraction of sp³-hybridized carbons (Fsp3) is 0.300. The van der Waals surface area contributed by atoms with Gasteiger partial charge < -0.3 is 18.9 Å². The van der Waals surface area contributed by atoms with Crippen LogP contribution in [0.1, 0.15) is 34.8 Å². The van der Waals surface area contributed by atoms with Gasteiger partial charge in [-0.25, -0.2) is 0 Å². The molecule has 0 radical (unpaired) electrons. The Morgan fingerprint density at radius 3 is 2.65 bits per heavy atom. The van der Waals surface area contributed by atoms with Crippen LogP contribution in [0.2, 0.25) is 0 Å². The first kappa shape index (κ1) is 17.8. The molecule has 1 aliphatic rings. The van der Waals surface area contributed by atoms with Crippen LogP contribution in [-0.4, -0.2) is 25.7 Å². The highest BCUT2D eigenvalue weighted by Gasteiger charge is 2.14. The molecule has 0 unspecified atom stereocenters. The first-order chi connectivity index (χ1) is 12.6. The SMILES string of the molecule is COc1ccc(C(C)=O)cc1COC(=O)CCc1ccc2c(c1)OCO2. The van der Waals surface area contributed by atoms with Gasteiger partial charge in [-0.2, -0.15) is 0 Å². The van der Waals surface area contributed by atoms with Crippen molar-refractivity contribution in [3.05, 3.63) is 53.1 Å². The minimum absolute atomic E-state index is 0.0527. The first-order valence-electron chi connectivity index (χ1n) is 8.29. The number of ether oxygens (including phenoxy) is 4. The predicted octanol–water partition coefficient (Wildman–Crippen LogP) is 3.30. The van der Waals surface area contributed by atoms with E-state index in [0.717, 1.165) is 5.56 Å². The van der Waals surface area contributed by atoms with Crippen LogP contribution in [0, 0.1) is 0 Å². The molecule has 1 heterocycles. The van der Waals surface area contributed by atoms with Gasteiger partial charge in [0, 0.05) is 17.5 Å². The molecule has 6 nitrogen and oxygen atoms in total. The summed E-state index contributed by atoms with van der Waals surface area (Å²) in [7, 11) is 1.54. The van der Waals surface area contributed by atoms with E-state index in [4.69, 9.17) is 18.9 Å². The van der Waals surface area contributed by atoms with Crippen LogP contribution in [-0.2, 0) is 22.6 Å². The summed E-state index contributed by atoms with van der Waals surface area (Å²) in [5.74, 6) is 1.62. The van der Waals surface area contributed by atoms with Crippen molar-refractivity contribution in [3.63, 3.8) is 0 Å². The molecule has 3 rings (SSSR count). The zero-order chi connectivity index (χ0) is 18.5. The zero-order valence-electron chi connectivity index (χ0n) is 14.7. The number of hydrogen-bond donors (Lipinski definition) is 0. The van der Waals surface area contributed by atoms with E-state index < -0.39 is 0 Å². The van der Waals surface area contributed by atoms with Crippen molar-refractivity contribution in [2.75, 3.05) is 13.9 Å². The smallest absolute Gasteiger partial charge is 0.306 e. The fourth-order valence-electron chi connectivity index (χ4n) is 2.68. The maximum atomic E-state index is 12.1. The lowest BCUT2D eigenvalue weighted by Crippen LogP contribution is -2.07. The predicted molar refractivity (Wildman–Crippen MR) is 93.7 cm³/mol. The van der Waals surface area contributed by atoms with Gasteiger partial charge in [-0.1, -0.05) is 6.07 Å². The Labute approximate surface area is 151 Å². The number of rotatable bonds is 7. The van der Waals surface area contributed by atoms with Crippen LogP contribution in [0.4, 0.5) is 0 Å². The van der Waals surface area contributed by atoms with E-state index >= 15 is 0 Å². The number of benzene rings is 2. The second-order valence-electron chi connectivity index (χ2n) is 5.93. The van der Waals surface area contributed by atoms with Gasteiger partial charge in [0.25, 0.3) is 0 Å². The van der Waals surface area contributed by atoms with Gasteiger partial charge in [-0.05, 0) is 49.2 Å². The van der Waals surface area contributed by atoms with E-state index in [0.29, 0.717) is 34.8 Å². The molecule has 2 aromatic carbocycles. The van der Waals surface area contributed by atoms with Crippen LogP contribution < -0.4 is 14.2 Å². The number of methoxy groups -OCH3 is 1. The molecule has 6 heteroatoms. The van der Waals surface area contributed by atoms with Crippen molar-refractivity contribution >= 4 is 11.8 Å². The van der Waals surface area contributed by atoms with Gasteiger partial charge in [-0.15, -0.1) is 0 Å². The summed E-state index contributed by atoms with van der Waals surface area (Å²) in [6, 6.07) is 10.7. The van der Waals surface area contributed by atoms with Crippen molar-refractivity contribution in [2.24, 2.45) is 0 Å². The largest absolute Gasteiger partial charge is 0.496 e. The Morgan fingerprint density at radius 1 is 1.08 bits per heavy atom. The topological polar surface area (TPSA) is 71.1 Å². The second kappa shape index (κ2) is 7.91. The molecule has 2 aromatic rings. The highest BCUT2D eigenvalue weighted by atomic mass is 16.7. The Morgan fingerprint density at radius 2 is 1.88 bits per heavy atom. The fourth-order valence-corrected chi connectivity index (χ4v) is 2.68. The van der Waals surface area contributed by atoms with Gasteiger partial charge in [0.15, 0.2) is 17.3 Å². The standard InChI is InChI=1S/C20H20O6/c1-13(21)15-5-7-17(23-2)16(10-15)11-24-20(22)8-4-14-3-6-18-19(9-14)26-12-25-18/h3,5-7,9-10H,4,8,11-12H2,1-2H3. The van der Waals surface area contributed by atoms with Gasteiger partial charge >= 0.3 is 5.97 Å². The molecule has 0 aromatic heterocycles. The van der Waals surface area contributed by atoms with Gasteiger partial charge in [0.2, 0.25) is 6.79 Å². The third kappa shape index (κ3) is 4.14. The van der Waals surface area contributed by atoms with E-state index in [2.05, 4.69) is 0 Å². The van der Waals surface area contributed by atoms with Crippen LogP contribution in [0.15, 0.2) is 36.4 Å². The number of esters is 1. The van der Waals surface area contributed by atoms with Crippen LogP contribution in [0.25, 0.3) is 0 Å². The Bertz CT molecular complexity index is 827. The van der Waals surface area contributed by atoms with Crippen molar-refractivity contribution in [3.8, 4) is 17.2 Å². The van der Waals surface area contributed by atoms with Crippen molar-refractivity contribution in [1.82, 2.24) is 0 Å². The minimum atomic E-state index is -0.321. The molecule has 0 saturated heterocycles. The summed E-state index contributed by atoms with van der Waals surface area (Å²) < 4.78 is 21.2. The molecule has 0 fully saturated rings. The molecular formula is C20H20O6. The zero-order valence-corrected chi connectivity index (χ0v) is 14.7. The maximum Gasteiger partial charge on any atom is 0.306 e. The third-order valence-electron chi connectivity index (χ3n) is 4.13. The summed E-state index contributed by atoms with van der Waals surface area (Å²) in [6.07, 6.45) is 0.786. The van der Waals surface area contributed by atoms with E-state index in [1.165, 1.54) is 14.0 Å². The van der Waals surface area contributed by atoms with Gasteiger partial charge in [-0.3, -0.25) is 9.59 Å². The van der Waals surface area contributed by atoms with Crippen LogP contribution >= 0.6 is 0 Å². The maximum absolute atomic E-state index is 12.1. The van der Waals surface area contributed by atoms with Crippen molar-refractivity contribution in [1.29, 1.82) is 0 Å². The molecule has 0 amide bonds. The molecule has 0 atom stereocenters. The second-order valence-corrected chi connectivity index (χ2v) is 5.93. The molecular weight excluding hydrogens is 336 g/mol. The quantitative estimate of drug-likeness (QED) is 0.560. The summed E-state index contributed by atoms with van der Waals surface area (Å²) in [5.41, 5.74) is 2.19. The highest BCUT2D eigenvalue weighted by Crippen LogP contribution is 2.32. The van der Waals surface area contributed by atoms with Crippen LogP contribution in [0.5, 0.6) is 17.2 Å². The summed E-state index contributed by atoms with van der Waals surface area (Å²) in [4.78, 5) is 23.6. The molecule has 0 bridgehead atoms. The Hall–Kier alpha value is -3.02. The highest BCUT2D eigenvalue weighted by molar-refractivity contribution is 5.94. The number of Topliss-reactive ketones (excluding diaryl/α,β-unsaturated/α-hetero) is 1. The Balaban J connectivity index is 1.55. The summed E-state index contributed by atoms with van der Waals surface area (Å²) in [6.45, 7) is 1.77. The van der Waals surface area contributed by atoms with Crippen molar-refractivity contribution < 1.29 is 28.5 Å². The Kier molecular flexibility index (Phi) is 5.41. The number of hydrogen-bond acceptors (Lipinski definition) is 6. The van der Waals surface area contributed by atoms with E-state index in [1.807, 2.05) is 18.2 Å². The van der Waals surface area contributed by atoms with Crippen LogP contribution in [0.3, 0.4) is 0 Å². The van der Waals surface area contributed by atoms with Gasteiger partial charge in [0.1, 0.15) is 12.4 Å². The third-order valence-corrected chi connectivity index (χ3v) is 4.13. The number of fused-ring (bicyclic) bond motifs is 1. The lowest BCUT2D eigenvalue weighted by atomic mass is 10.1. The monoisotopic (exact) mass is 356 g/mol. The molecule has 0 spiro atoms. The number of aryl methyl sites for hydroxylation is 1. The van der Waals surface area contributed by atoms with E-state index in [1.54, 1.807) is 18.2 Å². The average molecular weight is 356 g/mol. The number of carbonyl (C=O) groups is 2. The first-order valence-corrected chi connectivity index (χ1v) is 8.29. The normalized spacial score (nSPS) is 11.9. The molecule has 26 heavy (non-hydrogen) atoms. The van der Waals surface area contributed by atoms with Gasteiger partial charge in [0.05, 0.1) is 7.11 Å². The lowest BCUT2D eigenvalue weighted by Gasteiger charge is -2.11. The average Bonchev–Trinajstić information content (AvgIpc) is 3.12. The number of ketones is 1. The minimum Gasteiger partial charge on any atom is -0.496 e. The lowest BCUT2D eigenvalue weighted by molar-refractivity contribution is -0.144. The number of carbonyl (C=O) groups excluding carboxylic acids is 2. The molecule has 0 saturated carbocycles. The van der Waals surface area contributed by atoms with Crippen molar-refractivity contribution in [2.45, 2.75) is 26.4 Å².